The van der Waals surface area contributed by atoms with Crippen LogP contribution in [0.25, 0.3) is 11.5 Å². The normalized spacial score (nSPS) is 10.0. The van der Waals surface area contributed by atoms with Crippen molar-refractivity contribution in [1.82, 2.24) is 10.2 Å². The van der Waals surface area contributed by atoms with E-state index in [1.54, 1.807) is 6.08 Å². The first kappa shape index (κ1) is 8.69. The minimum absolute atomic E-state index is 0.558. The van der Waals surface area contributed by atoms with E-state index < -0.39 is 0 Å². The van der Waals surface area contributed by atoms with Crippen molar-refractivity contribution in [2.24, 2.45) is 0 Å². The number of hydrogen-bond acceptors (Lipinski definition) is 3. The van der Waals surface area contributed by atoms with Gasteiger partial charge in [0.25, 0.3) is 0 Å². The zero-order chi connectivity index (χ0) is 9.80. The van der Waals surface area contributed by atoms with Gasteiger partial charge in [0.2, 0.25) is 11.8 Å². The van der Waals surface area contributed by atoms with Gasteiger partial charge in [-0.2, -0.15) is 0 Å². The first-order valence-corrected chi connectivity index (χ1v) is 4.39. The molecule has 0 amide bonds. The molecule has 0 saturated heterocycles. The maximum absolute atomic E-state index is 5.42. The summed E-state index contributed by atoms with van der Waals surface area (Å²) in [5, 5.41) is 7.83. The molecule has 0 bridgehead atoms. The third-order valence-electron chi connectivity index (χ3n) is 1.81. The van der Waals surface area contributed by atoms with Crippen LogP contribution in [0.1, 0.15) is 5.89 Å². The molecule has 3 heteroatoms. The number of benzene rings is 1. The Bertz CT molecular complexity index is 420. The van der Waals surface area contributed by atoms with Crippen LogP contribution >= 0.6 is 0 Å². The average molecular weight is 186 g/mol. The van der Waals surface area contributed by atoms with Crippen LogP contribution in [-0.2, 0) is 6.42 Å². The molecule has 0 unspecified atom stereocenters. The highest BCUT2D eigenvalue weighted by Gasteiger charge is 2.05. The van der Waals surface area contributed by atoms with Crippen molar-refractivity contribution in [3.05, 3.63) is 48.9 Å². The fourth-order valence-corrected chi connectivity index (χ4v) is 1.16. The quantitative estimate of drug-likeness (QED) is 0.691. The topological polar surface area (TPSA) is 38.9 Å². The van der Waals surface area contributed by atoms with Crippen molar-refractivity contribution in [2.75, 3.05) is 0 Å². The zero-order valence-electron chi connectivity index (χ0n) is 7.68. The van der Waals surface area contributed by atoms with E-state index in [4.69, 9.17) is 4.42 Å². The molecule has 2 rings (SSSR count). The molecule has 14 heavy (non-hydrogen) atoms. The van der Waals surface area contributed by atoms with Gasteiger partial charge in [-0.1, -0.05) is 24.3 Å². The van der Waals surface area contributed by atoms with E-state index in [9.17, 15) is 0 Å². The first-order chi connectivity index (χ1) is 6.90. The van der Waals surface area contributed by atoms with E-state index in [1.165, 1.54) is 0 Å². The van der Waals surface area contributed by atoms with Crippen LogP contribution in [0.5, 0.6) is 0 Å². The Balaban J connectivity index is 2.29. The summed E-state index contributed by atoms with van der Waals surface area (Å²) in [6.45, 7) is 3.61. The molecular formula is C11H10N2O. The molecule has 0 fully saturated rings. The van der Waals surface area contributed by atoms with Gasteiger partial charge >= 0.3 is 0 Å². The Morgan fingerprint density at radius 3 is 2.71 bits per heavy atom. The lowest BCUT2D eigenvalue weighted by molar-refractivity contribution is 0.520. The largest absolute Gasteiger partial charge is 0.420 e. The van der Waals surface area contributed by atoms with Crippen LogP contribution in [0.3, 0.4) is 0 Å². The maximum Gasteiger partial charge on any atom is 0.247 e. The van der Waals surface area contributed by atoms with Crippen LogP contribution in [0, 0.1) is 0 Å². The fraction of sp³-hybridized carbons (Fsp3) is 0.0909. The van der Waals surface area contributed by atoms with E-state index in [0.29, 0.717) is 18.2 Å². The van der Waals surface area contributed by atoms with E-state index in [0.717, 1.165) is 5.56 Å². The predicted molar refractivity (Wildman–Crippen MR) is 53.6 cm³/mol. The van der Waals surface area contributed by atoms with E-state index in [-0.39, 0.29) is 0 Å². The molecule has 1 heterocycles. The molecule has 0 aliphatic heterocycles. The summed E-state index contributed by atoms with van der Waals surface area (Å²) in [6, 6.07) is 9.69. The Morgan fingerprint density at radius 1 is 1.21 bits per heavy atom. The molecule has 0 spiro atoms. The van der Waals surface area contributed by atoms with Gasteiger partial charge in [0.05, 0.1) is 0 Å². The lowest BCUT2D eigenvalue weighted by Crippen LogP contribution is -1.78. The van der Waals surface area contributed by atoms with Crippen LogP contribution in [-0.4, -0.2) is 10.2 Å². The number of hydrogen-bond donors (Lipinski definition) is 0. The molecule has 70 valence electrons. The van der Waals surface area contributed by atoms with E-state index in [2.05, 4.69) is 16.8 Å². The molecule has 0 atom stereocenters. The fourth-order valence-electron chi connectivity index (χ4n) is 1.16. The molecule has 2 aromatic rings. The highest BCUT2D eigenvalue weighted by Crippen LogP contribution is 2.16. The molecule has 0 N–H and O–H groups in total. The lowest BCUT2D eigenvalue weighted by Gasteiger charge is -1.91. The van der Waals surface area contributed by atoms with Gasteiger partial charge in [0.15, 0.2) is 0 Å². The number of aromatic nitrogens is 2. The summed E-state index contributed by atoms with van der Waals surface area (Å²) in [6.07, 6.45) is 2.35. The minimum atomic E-state index is 0.558. The summed E-state index contributed by atoms with van der Waals surface area (Å²) >= 11 is 0. The molecule has 0 saturated carbocycles. The third kappa shape index (κ3) is 1.71. The molecule has 3 nitrogen and oxygen atoms in total. The highest BCUT2D eigenvalue weighted by atomic mass is 16.4. The van der Waals surface area contributed by atoms with Gasteiger partial charge < -0.3 is 4.42 Å². The first-order valence-electron chi connectivity index (χ1n) is 4.39. The second kappa shape index (κ2) is 3.87. The van der Waals surface area contributed by atoms with Gasteiger partial charge in [-0.3, -0.25) is 0 Å². The van der Waals surface area contributed by atoms with Crippen molar-refractivity contribution in [3.8, 4) is 11.5 Å². The van der Waals surface area contributed by atoms with Gasteiger partial charge in [0, 0.05) is 12.0 Å². The van der Waals surface area contributed by atoms with Crippen LogP contribution < -0.4 is 0 Å². The monoisotopic (exact) mass is 186 g/mol. The number of allylic oxidation sites excluding steroid dienone is 1. The van der Waals surface area contributed by atoms with Crippen LogP contribution in [0.15, 0.2) is 47.4 Å². The smallest absolute Gasteiger partial charge is 0.247 e. The maximum atomic E-state index is 5.42. The number of rotatable bonds is 3. The predicted octanol–water partition coefficient (Wildman–Crippen LogP) is 2.47. The second-order valence-electron chi connectivity index (χ2n) is 2.86. The van der Waals surface area contributed by atoms with Gasteiger partial charge in [-0.25, -0.2) is 0 Å². The summed E-state index contributed by atoms with van der Waals surface area (Å²) in [4.78, 5) is 0. The van der Waals surface area contributed by atoms with Gasteiger partial charge in [0.1, 0.15) is 0 Å². The molecule has 0 aliphatic rings. The molecule has 0 radical (unpaired) electrons. The van der Waals surface area contributed by atoms with E-state index >= 15 is 0 Å². The van der Waals surface area contributed by atoms with Crippen molar-refractivity contribution in [2.45, 2.75) is 6.42 Å². The van der Waals surface area contributed by atoms with Crippen LogP contribution in [0.4, 0.5) is 0 Å². The Kier molecular flexibility index (Phi) is 2.40. The van der Waals surface area contributed by atoms with Crippen molar-refractivity contribution >= 4 is 0 Å². The van der Waals surface area contributed by atoms with Gasteiger partial charge in [-0.05, 0) is 12.1 Å². The van der Waals surface area contributed by atoms with Crippen molar-refractivity contribution in [1.29, 1.82) is 0 Å². The van der Waals surface area contributed by atoms with Crippen molar-refractivity contribution < 1.29 is 4.42 Å². The average Bonchev–Trinajstić information content (AvgIpc) is 2.68. The Morgan fingerprint density at radius 2 is 2.00 bits per heavy atom. The van der Waals surface area contributed by atoms with Gasteiger partial charge in [-0.15, -0.1) is 16.8 Å². The highest BCUT2D eigenvalue weighted by molar-refractivity contribution is 5.51. The second-order valence-corrected chi connectivity index (χ2v) is 2.86. The van der Waals surface area contributed by atoms with Crippen LogP contribution in [0.2, 0.25) is 0 Å². The lowest BCUT2D eigenvalue weighted by atomic mass is 10.2. The SMILES string of the molecule is C=CCc1nnc(-c2ccccc2)o1. The van der Waals surface area contributed by atoms with Crippen molar-refractivity contribution in [3.63, 3.8) is 0 Å². The molecule has 1 aromatic carbocycles. The number of nitrogens with zero attached hydrogens (tertiary/aromatic N) is 2. The molecule has 0 aliphatic carbocycles. The molecular weight excluding hydrogens is 176 g/mol. The summed E-state index contributed by atoms with van der Waals surface area (Å²) in [7, 11) is 0. The standard InChI is InChI=1S/C11H10N2O/c1-2-6-10-12-13-11(14-10)9-7-4-3-5-8-9/h2-5,7-8H,1,6H2. The summed E-state index contributed by atoms with van der Waals surface area (Å²) < 4.78 is 5.42. The summed E-state index contributed by atoms with van der Waals surface area (Å²) in [5.41, 5.74) is 0.940. The third-order valence-corrected chi connectivity index (χ3v) is 1.81. The summed E-state index contributed by atoms with van der Waals surface area (Å²) in [5.74, 6) is 1.15. The minimum Gasteiger partial charge on any atom is -0.420 e. The zero-order valence-corrected chi connectivity index (χ0v) is 7.68. The van der Waals surface area contributed by atoms with E-state index in [1.807, 2.05) is 30.3 Å². The Labute approximate surface area is 82.1 Å². The molecule has 1 aromatic heterocycles. The Hall–Kier alpha value is -1.90.